The first-order valence-electron chi connectivity index (χ1n) is 10.5. The third-order valence-electron chi connectivity index (χ3n) is 5.79. The smallest absolute Gasteiger partial charge is 0.242 e. The summed E-state index contributed by atoms with van der Waals surface area (Å²) < 4.78 is 1.57. The number of nitrogens with zero attached hydrogens (tertiary/aromatic N) is 3. The molecule has 2 aromatic rings. The number of carbonyl (C=O) groups is 1. The molecule has 1 aliphatic heterocycles. The fourth-order valence-electron chi connectivity index (χ4n) is 4.36. The minimum Gasteiger partial charge on any atom is -0.394 e. The maximum absolute atomic E-state index is 13.0. The summed E-state index contributed by atoms with van der Waals surface area (Å²) in [5.74, 6) is 0.245. The number of aromatic nitrogens is 2. The van der Waals surface area contributed by atoms with Crippen molar-refractivity contribution in [1.29, 1.82) is 5.26 Å². The van der Waals surface area contributed by atoms with E-state index in [0.717, 1.165) is 12.0 Å². The molecular formula is C23H30ClN5O2. The molecule has 2 heterocycles. The summed E-state index contributed by atoms with van der Waals surface area (Å²) in [7, 11) is 0. The number of halogens is 1. The van der Waals surface area contributed by atoms with Crippen LogP contribution in [-0.2, 0) is 16.8 Å². The summed E-state index contributed by atoms with van der Waals surface area (Å²) in [5, 5.41) is 30.5. The van der Waals surface area contributed by atoms with Crippen molar-refractivity contribution in [3.8, 4) is 6.07 Å². The number of benzene rings is 1. The van der Waals surface area contributed by atoms with E-state index < -0.39 is 11.5 Å². The van der Waals surface area contributed by atoms with Crippen LogP contribution in [-0.4, -0.2) is 40.0 Å². The zero-order chi connectivity index (χ0) is 22.6. The van der Waals surface area contributed by atoms with Gasteiger partial charge in [0.1, 0.15) is 0 Å². The molecule has 1 aliphatic rings. The van der Waals surface area contributed by atoms with Gasteiger partial charge in [-0.25, -0.2) is 0 Å². The van der Waals surface area contributed by atoms with E-state index in [1.165, 1.54) is 0 Å². The fraction of sp³-hybridized carbons (Fsp3) is 0.522. The molecule has 1 saturated heterocycles. The van der Waals surface area contributed by atoms with Gasteiger partial charge in [0, 0.05) is 23.8 Å². The molecule has 1 amide bonds. The Hall–Kier alpha value is -2.40. The van der Waals surface area contributed by atoms with E-state index in [-0.39, 0.29) is 23.8 Å². The lowest BCUT2D eigenvalue weighted by Crippen LogP contribution is -2.56. The number of anilines is 1. The van der Waals surface area contributed by atoms with Crippen molar-refractivity contribution < 1.29 is 9.90 Å². The number of hydrogen-bond acceptors (Lipinski definition) is 5. The van der Waals surface area contributed by atoms with Gasteiger partial charge >= 0.3 is 0 Å². The van der Waals surface area contributed by atoms with Crippen molar-refractivity contribution >= 4 is 23.3 Å². The van der Waals surface area contributed by atoms with Crippen molar-refractivity contribution in [1.82, 2.24) is 15.1 Å². The minimum atomic E-state index is -0.804. The quantitative estimate of drug-likeness (QED) is 0.635. The monoisotopic (exact) mass is 443 g/mol. The van der Waals surface area contributed by atoms with Crippen LogP contribution in [0.5, 0.6) is 0 Å². The maximum atomic E-state index is 13.0. The Bertz CT molecular complexity index is 944. The van der Waals surface area contributed by atoms with Gasteiger partial charge in [0.2, 0.25) is 5.91 Å². The second-order valence-corrected chi connectivity index (χ2v) is 9.83. The maximum Gasteiger partial charge on any atom is 0.242 e. The SMILES string of the molecule is CC(C)(C)CC1CNC(C(=O)Nc2ccn(CCO)n2)CC1(C#N)c1ccc(Cl)cc1. The Kier molecular flexibility index (Phi) is 7.05. The van der Waals surface area contributed by atoms with Crippen LogP contribution >= 0.6 is 11.6 Å². The zero-order valence-electron chi connectivity index (χ0n) is 18.2. The Morgan fingerprint density at radius 2 is 2.10 bits per heavy atom. The van der Waals surface area contributed by atoms with Crippen molar-refractivity contribution in [2.75, 3.05) is 18.5 Å². The fourth-order valence-corrected chi connectivity index (χ4v) is 4.49. The van der Waals surface area contributed by atoms with Crippen LogP contribution < -0.4 is 10.6 Å². The van der Waals surface area contributed by atoms with Gasteiger partial charge < -0.3 is 15.7 Å². The molecule has 3 rings (SSSR count). The predicted octanol–water partition coefficient (Wildman–Crippen LogP) is 3.34. The summed E-state index contributed by atoms with van der Waals surface area (Å²) in [5.41, 5.74) is 0.122. The van der Waals surface area contributed by atoms with Gasteiger partial charge in [-0.2, -0.15) is 10.4 Å². The standard InChI is InChI=1S/C23H30ClN5O2/c1-22(2,3)12-17-14-26-19(21(31)27-20-8-9-29(28-20)10-11-30)13-23(17,15-25)16-4-6-18(24)7-5-16/h4-9,17,19,26,30H,10-14H2,1-3H3,(H,27,28,31). The average molecular weight is 444 g/mol. The highest BCUT2D eigenvalue weighted by molar-refractivity contribution is 6.30. The van der Waals surface area contributed by atoms with E-state index in [4.69, 9.17) is 16.7 Å². The molecule has 8 heteroatoms. The molecule has 1 aromatic carbocycles. The Labute approximate surface area is 188 Å². The molecule has 3 unspecified atom stereocenters. The predicted molar refractivity (Wildman–Crippen MR) is 121 cm³/mol. The number of carbonyl (C=O) groups excluding carboxylic acids is 1. The van der Waals surface area contributed by atoms with E-state index >= 15 is 0 Å². The molecule has 166 valence electrons. The molecule has 0 aliphatic carbocycles. The molecule has 3 atom stereocenters. The van der Waals surface area contributed by atoms with E-state index in [1.807, 2.05) is 12.1 Å². The summed E-state index contributed by atoms with van der Waals surface area (Å²) in [6, 6.07) is 11.1. The molecule has 3 N–H and O–H groups in total. The van der Waals surface area contributed by atoms with Crippen LogP contribution in [0.2, 0.25) is 5.02 Å². The number of rotatable bonds is 6. The van der Waals surface area contributed by atoms with E-state index in [2.05, 4.69) is 42.6 Å². The summed E-state index contributed by atoms with van der Waals surface area (Å²) in [6.07, 6.45) is 2.90. The second-order valence-electron chi connectivity index (χ2n) is 9.39. The topological polar surface area (TPSA) is 103 Å². The normalized spacial score (nSPS) is 23.9. The number of hydrogen-bond donors (Lipinski definition) is 3. The number of piperidine rings is 1. The van der Waals surface area contributed by atoms with Crippen molar-refractivity contribution in [3.05, 3.63) is 47.1 Å². The van der Waals surface area contributed by atoms with E-state index in [0.29, 0.717) is 30.4 Å². The van der Waals surface area contributed by atoms with Crippen LogP contribution in [0.15, 0.2) is 36.5 Å². The molecule has 0 bridgehead atoms. The first-order chi connectivity index (χ1) is 14.7. The van der Waals surface area contributed by atoms with Crippen LogP contribution in [0.4, 0.5) is 5.82 Å². The average Bonchev–Trinajstić information content (AvgIpc) is 3.15. The third kappa shape index (κ3) is 5.45. The second kappa shape index (κ2) is 9.39. The Morgan fingerprint density at radius 1 is 1.39 bits per heavy atom. The van der Waals surface area contributed by atoms with Crippen LogP contribution in [0, 0.1) is 22.7 Å². The van der Waals surface area contributed by atoms with Gasteiger partial charge in [0.15, 0.2) is 5.82 Å². The summed E-state index contributed by atoms with van der Waals surface area (Å²) in [4.78, 5) is 13.0. The van der Waals surface area contributed by atoms with Crippen molar-refractivity contribution in [2.24, 2.45) is 11.3 Å². The molecular weight excluding hydrogens is 414 g/mol. The van der Waals surface area contributed by atoms with Crippen molar-refractivity contribution in [3.63, 3.8) is 0 Å². The number of nitrogens with one attached hydrogen (secondary N) is 2. The molecule has 0 spiro atoms. The molecule has 1 fully saturated rings. The lowest BCUT2D eigenvalue weighted by atomic mass is 9.61. The molecule has 0 radical (unpaired) electrons. The zero-order valence-corrected chi connectivity index (χ0v) is 19.0. The third-order valence-corrected chi connectivity index (χ3v) is 6.04. The van der Waals surface area contributed by atoms with Gasteiger partial charge in [-0.3, -0.25) is 9.48 Å². The van der Waals surface area contributed by atoms with Gasteiger partial charge in [-0.1, -0.05) is 44.5 Å². The number of nitriles is 1. The molecule has 31 heavy (non-hydrogen) atoms. The van der Waals surface area contributed by atoms with E-state index in [1.54, 1.807) is 29.1 Å². The Balaban J connectivity index is 1.86. The largest absolute Gasteiger partial charge is 0.394 e. The first-order valence-corrected chi connectivity index (χ1v) is 10.9. The van der Waals surface area contributed by atoms with Crippen LogP contribution in [0.1, 0.15) is 39.2 Å². The molecule has 1 aromatic heterocycles. The van der Waals surface area contributed by atoms with Gasteiger partial charge in [0.05, 0.1) is 30.7 Å². The number of aliphatic hydroxyl groups excluding tert-OH is 1. The highest BCUT2D eigenvalue weighted by Crippen LogP contribution is 2.44. The van der Waals surface area contributed by atoms with Gasteiger partial charge in [0.25, 0.3) is 0 Å². The summed E-state index contributed by atoms with van der Waals surface area (Å²) >= 11 is 6.09. The summed E-state index contributed by atoms with van der Waals surface area (Å²) in [6.45, 7) is 7.39. The first kappa shape index (κ1) is 23.3. The Morgan fingerprint density at radius 3 is 2.71 bits per heavy atom. The van der Waals surface area contributed by atoms with Crippen molar-refractivity contribution in [2.45, 2.75) is 51.6 Å². The van der Waals surface area contributed by atoms with Gasteiger partial charge in [-0.15, -0.1) is 0 Å². The number of amides is 1. The lowest BCUT2D eigenvalue weighted by molar-refractivity contribution is -0.119. The molecule has 7 nitrogen and oxygen atoms in total. The highest BCUT2D eigenvalue weighted by atomic mass is 35.5. The van der Waals surface area contributed by atoms with E-state index in [9.17, 15) is 10.1 Å². The van der Waals surface area contributed by atoms with Crippen LogP contribution in [0.3, 0.4) is 0 Å². The van der Waals surface area contributed by atoms with Gasteiger partial charge in [-0.05, 0) is 41.9 Å². The molecule has 0 saturated carbocycles. The lowest BCUT2D eigenvalue weighted by Gasteiger charge is -2.45. The van der Waals surface area contributed by atoms with Crippen LogP contribution in [0.25, 0.3) is 0 Å². The minimum absolute atomic E-state index is 0.0276. The highest BCUT2D eigenvalue weighted by Gasteiger charge is 2.48. The number of aliphatic hydroxyl groups is 1.